The number of hydrogen-bond donors (Lipinski definition) is 5. The van der Waals surface area contributed by atoms with Crippen LogP contribution in [-0.4, -0.2) is 70.0 Å². The highest BCUT2D eigenvalue weighted by Crippen LogP contribution is 2.31. The summed E-state index contributed by atoms with van der Waals surface area (Å²) in [4.78, 5) is 12.2. The van der Waals surface area contributed by atoms with Gasteiger partial charge < -0.3 is 30.3 Å². The molecule has 4 atom stereocenters. The molecular formula is C12H16N4O6. The number of ether oxygens (including phenoxy) is 1. The van der Waals surface area contributed by atoms with Gasteiger partial charge in [0, 0.05) is 0 Å². The molecule has 0 unspecified atom stereocenters. The molecule has 22 heavy (non-hydrogen) atoms. The van der Waals surface area contributed by atoms with Gasteiger partial charge in [0.1, 0.15) is 30.4 Å². The van der Waals surface area contributed by atoms with Crippen molar-refractivity contribution < 1.29 is 30.3 Å². The first-order valence-corrected chi connectivity index (χ1v) is 6.67. The molecule has 2 aromatic rings. The summed E-state index contributed by atoms with van der Waals surface area (Å²) in [5.41, 5.74) is 0.787. The van der Waals surface area contributed by atoms with Crippen molar-refractivity contribution in [2.24, 2.45) is 0 Å². The van der Waals surface area contributed by atoms with Gasteiger partial charge in [-0.15, -0.1) is 0 Å². The average molecular weight is 312 g/mol. The van der Waals surface area contributed by atoms with E-state index in [4.69, 9.17) is 9.84 Å². The Labute approximate surface area is 124 Å². The molecule has 0 aromatic carbocycles. The van der Waals surface area contributed by atoms with Crippen molar-refractivity contribution in [1.82, 2.24) is 19.5 Å². The van der Waals surface area contributed by atoms with Crippen LogP contribution in [0.1, 0.15) is 17.7 Å². The summed E-state index contributed by atoms with van der Waals surface area (Å²) in [5, 5.41) is 47.5. The van der Waals surface area contributed by atoms with Crippen LogP contribution in [0.3, 0.4) is 0 Å². The molecule has 120 valence electrons. The van der Waals surface area contributed by atoms with Gasteiger partial charge in [-0.25, -0.2) is 15.0 Å². The van der Waals surface area contributed by atoms with Crippen molar-refractivity contribution in [3.8, 4) is 0 Å². The first-order chi connectivity index (χ1) is 10.6. The van der Waals surface area contributed by atoms with E-state index in [-0.39, 0.29) is 23.8 Å². The molecule has 5 N–H and O–H groups in total. The Morgan fingerprint density at radius 3 is 2.45 bits per heavy atom. The highest BCUT2D eigenvalue weighted by Gasteiger charge is 2.44. The SMILES string of the molecule is OCc1nc(CO)c2ncn([C@@H]3O[C@H](CO)[C@@H](O)[C@H]3O)c2n1. The van der Waals surface area contributed by atoms with Crippen LogP contribution in [0.2, 0.25) is 0 Å². The molecule has 3 rings (SSSR count). The molecule has 2 aromatic heterocycles. The van der Waals surface area contributed by atoms with Crippen LogP contribution in [0.5, 0.6) is 0 Å². The summed E-state index contributed by atoms with van der Waals surface area (Å²) in [6.07, 6.45) is -3.11. The topological polar surface area (TPSA) is 154 Å². The summed E-state index contributed by atoms with van der Waals surface area (Å²) in [5.74, 6) is 0.0880. The number of rotatable bonds is 4. The Morgan fingerprint density at radius 2 is 1.86 bits per heavy atom. The van der Waals surface area contributed by atoms with E-state index in [2.05, 4.69) is 15.0 Å². The van der Waals surface area contributed by atoms with Gasteiger partial charge >= 0.3 is 0 Å². The number of nitrogens with zero attached hydrogens (tertiary/aromatic N) is 4. The second-order valence-electron chi connectivity index (χ2n) is 4.96. The van der Waals surface area contributed by atoms with E-state index in [0.29, 0.717) is 5.52 Å². The van der Waals surface area contributed by atoms with Crippen LogP contribution in [-0.2, 0) is 18.0 Å². The third kappa shape index (κ3) is 2.26. The Kier molecular flexibility index (Phi) is 4.04. The molecule has 0 spiro atoms. The molecule has 1 fully saturated rings. The van der Waals surface area contributed by atoms with Gasteiger partial charge in [0.05, 0.1) is 25.2 Å². The van der Waals surface area contributed by atoms with Crippen LogP contribution in [0.4, 0.5) is 0 Å². The average Bonchev–Trinajstić information content (AvgIpc) is 3.08. The van der Waals surface area contributed by atoms with Crippen molar-refractivity contribution in [2.75, 3.05) is 6.61 Å². The van der Waals surface area contributed by atoms with E-state index in [9.17, 15) is 20.4 Å². The minimum atomic E-state index is -1.28. The first kappa shape index (κ1) is 15.2. The number of fused-ring (bicyclic) bond motifs is 1. The minimum Gasteiger partial charge on any atom is -0.394 e. The second kappa shape index (κ2) is 5.83. The standard InChI is InChI=1S/C12H16N4O6/c17-1-5-8-11(15-7(3-19)14-5)16(4-13-8)12-10(21)9(20)6(2-18)22-12/h4,6,9-10,12,17-21H,1-3H2/t6-,9-,10-,12-/m1/s1. The normalized spacial score (nSPS) is 28.6. The zero-order valence-corrected chi connectivity index (χ0v) is 11.4. The zero-order valence-electron chi connectivity index (χ0n) is 11.4. The van der Waals surface area contributed by atoms with Gasteiger partial charge in [-0.2, -0.15) is 0 Å². The first-order valence-electron chi connectivity index (χ1n) is 6.67. The Balaban J connectivity index is 2.08. The second-order valence-corrected chi connectivity index (χ2v) is 4.96. The smallest absolute Gasteiger partial charge is 0.166 e. The van der Waals surface area contributed by atoms with Gasteiger partial charge in [0.15, 0.2) is 17.7 Å². The van der Waals surface area contributed by atoms with E-state index in [1.165, 1.54) is 10.9 Å². The van der Waals surface area contributed by atoms with Crippen molar-refractivity contribution in [3.05, 3.63) is 17.8 Å². The monoisotopic (exact) mass is 312 g/mol. The molecule has 0 aliphatic carbocycles. The maximum atomic E-state index is 10.1. The van der Waals surface area contributed by atoms with E-state index in [1.807, 2.05) is 0 Å². The van der Waals surface area contributed by atoms with Crippen LogP contribution >= 0.6 is 0 Å². The molecule has 0 amide bonds. The van der Waals surface area contributed by atoms with Crippen molar-refractivity contribution in [2.45, 2.75) is 37.8 Å². The fourth-order valence-electron chi connectivity index (χ4n) is 2.50. The van der Waals surface area contributed by atoms with Crippen molar-refractivity contribution in [1.29, 1.82) is 0 Å². The lowest BCUT2D eigenvalue weighted by atomic mass is 10.1. The molecule has 3 heterocycles. The van der Waals surface area contributed by atoms with E-state index in [0.717, 1.165) is 0 Å². The lowest BCUT2D eigenvalue weighted by molar-refractivity contribution is -0.0511. The number of aliphatic hydroxyl groups excluding tert-OH is 5. The van der Waals surface area contributed by atoms with Crippen LogP contribution < -0.4 is 0 Å². The molecule has 1 aliphatic rings. The summed E-state index contributed by atoms with van der Waals surface area (Å²) in [7, 11) is 0. The fraction of sp³-hybridized carbons (Fsp3) is 0.583. The Hall–Kier alpha value is -1.69. The molecule has 10 nitrogen and oxygen atoms in total. The van der Waals surface area contributed by atoms with Crippen LogP contribution in [0.15, 0.2) is 6.33 Å². The maximum absolute atomic E-state index is 10.1. The summed E-state index contributed by atoms with van der Waals surface area (Å²) < 4.78 is 6.80. The van der Waals surface area contributed by atoms with E-state index >= 15 is 0 Å². The van der Waals surface area contributed by atoms with Gasteiger partial charge in [0.2, 0.25) is 0 Å². The Morgan fingerprint density at radius 1 is 1.09 bits per heavy atom. The largest absolute Gasteiger partial charge is 0.394 e. The van der Waals surface area contributed by atoms with Gasteiger partial charge in [0.25, 0.3) is 0 Å². The molecular weight excluding hydrogens is 296 g/mol. The molecule has 0 bridgehead atoms. The molecule has 0 saturated carbocycles. The summed E-state index contributed by atoms with van der Waals surface area (Å²) >= 11 is 0. The quantitative estimate of drug-likeness (QED) is 0.409. The number of hydrogen-bond acceptors (Lipinski definition) is 9. The van der Waals surface area contributed by atoms with Crippen LogP contribution in [0, 0.1) is 0 Å². The zero-order chi connectivity index (χ0) is 15.9. The van der Waals surface area contributed by atoms with Crippen LogP contribution in [0.25, 0.3) is 11.2 Å². The summed E-state index contributed by atoms with van der Waals surface area (Å²) in [6.45, 7) is -1.26. The predicted octanol–water partition coefficient (Wildman–Crippen LogP) is -2.58. The molecule has 1 aliphatic heterocycles. The minimum absolute atomic E-state index is 0.0880. The molecule has 1 saturated heterocycles. The van der Waals surface area contributed by atoms with Gasteiger partial charge in [-0.1, -0.05) is 0 Å². The number of imidazole rings is 1. The number of aliphatic hydroxyl groups is 5. The Bertz CT molecular complexity index is 677. The fourth-order valence-corrected chi connectivity index (χ4v) is 2.50. The predicted molar refractivity (Wildman–Crippen MR) is 70.2 cm³/mol. The van der Waals surface area contributed by atoms with Gasteiger partial charge in [-0.3, -0.25) is 4.57 Å². The third-order valence-electron chi connectivity index (χ3n) is 3.62. The summed E-state index contributed by atoms with van der Waals surface area (Å²) in [6, 6.07) is 0. The lowest BCUT2D eigenvalue weighted by Crippen LogP contribution is -2.33. The van der Waals surface area contributed by atoms with E-state index in [1.54, 1.807) is 0 Å². The third-order valence-corrected chi connectivity index (χ3v) is 3.62. The van der Waals surface area contributed by atoms with Crippen molar-refractivity contribution >= 4 is 11.2 Å². The van der Waals surface area contributed by atoms with E-state index < -0.39 is 37.8 Å². The van der Waals surface area contributed by atoms with Gasteiger partial charge in [-0.05, 0) is 0 Å². The maximum Gasteiger partial charge on any atom is 0.166 e. The highest BCUT2D eigenvalue weighted by molar-refractivity contribution is 5.73. The number of aromatic nitrogens is 4. The molecule has 0 radical (unpaired) electrons. The highest BCUT2D eigenvalue weighted by atomic mass is 16.6. The molecule has 10 heteroatoms. The van der Waals surface area contributed by atoms with Crippen molar-refractivity contribution in [3.63, 3.8) is 0 Å². The lowest BCUT2D eigenvalue weighted by Gasteiger charge is -2.16.